The number of nitrogens with one attached hydrogen (secondary N) is 2. The van der Waals surface area contributed by atoms with Gasteiger partial charge in [-0.1, -0.05) is 39.8 Å². The maximum absolute atomic E-state index is 13.1. The number of H-pyrrole nitrogens is 1. The van der Waals surface area contributed by atoms with Gasteiger partial charge < -0.3 is 10.1 Å². The number of pyridine rings is 1. The third-order valence-electron chi connectivity index (χ3n) is 4.95. The van der Waals surface area contributed by atoms with E-state index >= 15 is 0 Å². The van der Waals surface area contributed by atoms with E-state index in [0.717, 1.165) is 0 Å². The summed E-state index contributed by atoms with van der Waals surface area (Å²) in [6, 6.07) is 7.41. The molecule has 2 aromatic heterocycles. The van der Waals surface area contributed by atoms with Crippen LogP contribution in [0.1, 0.15) is 55.2 Å². The summed E-state index contributed by atoms with van der Waals surface area (Å²) in [6.07, 6.45) is 0. The van der Waals surface area contributed by atoms with E-state index in [1.807, 2.05) is 27.7 Å². The first-order valence-electron chi connectivity index (χ1n) is 10.6. The lowest BCUT2D eigenvalue weighted by Gasteiger charge is -2.16. The zero-order valence-electron chi connectivity index (χ0n) is 18.8. The van der Waals surface area contributed by atoms with E-state index in [2.05, 4.69) is 20.0 Å². The largest absolute Gasteiger partial charge is 0.435 e. The molecule has 1 aromatic carbocycles. The Morgan fingerprint density at radius 2 is 1.82 bits per heavy atom. The molecule has 0 radical (unpaired) electrons. The molecule has 0 aliphatic heterocycles. The normalized spacial score (nSPS) is 11.5. The highest BCUT2D eigenvalue weighted by Gasteiger charge is 2.21. The van der Waals surface area contributed by atoms with Gasteiger partial charge in [-0.3, -0.25) is 19.1 Å². The Kier molecular flexibility index (Phi) is 7.25. The van der Waals surface area contributed by atoms with Crippen molar-refractivity contribution in [1.29, 1.82) is 0 Å². The predicted molar refractivity (Wildman–Crippen MR) is 120 cm³/mol. The number of aromatic nitrogens is 3. The number of nitrogens with zero attached hydrogens (tertiary/aromatic N) is 2. The molecule has 2 heterocycles. The molecule has 3 aromatic rings. The van der Waals surface area contributed by atoms with Crippen LogP contribution < -0.4 is 21.3 Å². The van der Waals surface area contributed by atoms with Crippen LogP contribution in [0.3, 0.4) is 0 Å². The Bertz CT molecular complexity index is 1260. The number of benzene rings is 1. The first-order chi connectivity index (χ1) is 15.6. The van der Waals surface area contributed by atoms with Crippen LogP contribution >= 0.6 is 0 Å². The van der Waals surface area contributed by atoms with Gasteiger partial charge in [0.15, 0.2) is 5.65 Å². The average molecular weight is 460 g/mol. The van der Waals surface area contributed by atoms with Gasteiger partial charge in [0.2, 0.25) is 0 Å². The van der Waals surface area contributed by atoms with Crippen molar-refractivity contribution in [3.63, 3.8) is 0 Å². The van der Waals surface area contributed by atoms with Crippen LogP contribution in [0, 0.1) is 5.92 Å². The van der Waals surface area contributed by atoms with Crippen molar-refractivity contribution in [2.24, 2.45) is 5.92 Å². The van der Waals surface area contributed by atoms with Gasteiger partial charge in [-0.25, -0.2) is 9.78 Å². The predicted octanol–water partition coefficient (Wildman–Crippen LogP) is 3.40. The lowest BCUT2D eigenvalue weighted by Crippen LogP contribution is -2.34. The zero-order valence-corrected chi connectivity index (χ0v) is 18.8. The van der Waals surface area contributed by atoms with E-state index < -0.39 is 23.8 Å². The van der Waals surface area contributed by atoms with Gasteiger partial charge in [0, 0.05) is 18.8 Å². The van der Waals surface area contributed by atoms with Gasteiger partial charge in [-0.2, -0.15) is 8.78 Å². The molecular weight excluding hydrogens is 434 g/mol. The van der Waals surface area contributed by atoms with E-state index in [1.165, 1.54) is 16.7 Å². The number of ether oxygens (including phenoxy) is 1. The number of hydrogen-bond acceptors (Lipinski definition) is 5. The molecular formula is C23H26F2N4O4. The van der Waals surface area contributed by atoms with Gasteiger partial charge in [0.05, 0.1) is 10.9 Å². The first kappa shape index (κ1) is 24.1. The van der Waals surface area contributed by atoms with Gasteiger partial charge in [-0.15, -0.1) is 0 Å². The average Bonchev–Trinajstić information content (AvgIpc) is 2.74. The third kappa shape index (κ3) is 5.63. The van der Waals surface area contributed by atoms with E-state index in [-0.39, 0.29) is 40.7 Å². The molecule has 3 rings (SSSR count). The molecule has 0 fully saturated rings. The molecule has 0 bridgehead atoms. The Morgan fingerprint density at radius 3 is 2.39 bits per heavy atom. The maximum atomic E-state index is 13.1. The molecule has 0 atom stereocenters. The van der Waals surface area contributed by atoms with Crippen molar-refractivity contribution in [3.05, 3.63) is 68.0 Å². The minimum absolute atomic E-state index is 0.0106. The number of alkyl halides is 2. The highest BCUT2D eigenvalue weighted by atomic mass is 19.3. The summed E-state index contributed by atoms with van der Waals surface area (Å²) in [4.78, 5) is 45.0. The Hall–Kier alpha value is -3.56. The molecule has 2 N–H and O–H groups in total. The minimum atomic E-state index is -2.92. The smallest absolute Gasteiger partial charge is 0.387 e. The number of hydrogen-bond donors (Lipinski definition) is 2. The zero-order chi connectivity index (χ0) is 24.3. The standard InChI is InChI=1S/C23H26F2N4O4/c1-12(2)11-29-19-18(21(31)28-23(29)32)16(9-17(27-19)13(3)4)20(30)26-10-14-5-7-15(8-6-14)33-22(24)25/h5-9,12-13,22H,10-11H2,1-4H3,(H,26,30)(H,28,31,32). The van der Waals surface area contributed by atoms with Gasteiger partial charge in [0.1, 0.15) is 5.75 Å². The summed E-state index contributed by atoms with van der Waals surface area (Å²) in [6.45, 7) is 5.17. The Labute approximate surface area is 188 Å². The molecule has 0 saturated carbocycles. The molecule has 0 unspecified atom stereocenters. The van der Waals surface area contributed by atoms with E-state index in [1.54, 1.807) is 18.2 Å². The number of halogens is 2. The van der Waals surface area contributed by atoms with Crippen LogP contribution in [0.4, 0.5) is 8.78 Å². The molecule has 33 heavy (non-hydrogen) atoms. The maximum Gasteiger partial charge on any atom is 0.387 e. The molecule has 0 aliphatic carbocycles. The van der Waals surface area contributed by atoms with Crippen LogP contribution in [-0.4, -0.2) is 27.1 Å². The van der Waals surface area contributed by atoms with Gasteiger partial charge in [0.25, 0.3) is 11.5 Å². The van der Waals surface area contributed by atoms with Crippen molar-refractivity contribution < 1.29 is 18.3 Å². The molecule has 176 valence electrons. The van der Waals surface area contributed by atoms with Crippen LogP contribution in [0.25, 0.3) is 11.0 Å². The second-order valence-corrected chi connectivity index (χ2v) is 8.42. The molecule has 8 nitrogen and oxygen atoms in total. The van der Waals surface area contributed by atoms with Gasteiger partial charge >= 0.3 is 12.3 Å². The highest BCUT2D eigenvalue weighted by Crippen LogP contribution is 2.21. The fourth-order valence-electron chi connectivity index (χ4n) is 3.37. The number of amides is 1. The Morgan fingerprint density at radius 1 is 1.15 bits per heavy atom. The summed E-state index contributed by atoms with van der Waals surface area (Å²) in [5, 5.41) is 2.78. The van der Waals surface area contributed by atoms with Crippen molar-refractivity contribution in [1.82, 2.24) is 19.9 Å². The topological polar surface area (TPSA) is 106 Å². The summed E-state index contributed by atoms with van der Waals surface area (Å²) in [5.41, 5.74) is 0.243. The van der Waals surface area contributed by atoms with Crippen molar-refractivity contribution in [2.45, 2.75) is 53.3 Å². The number of aromatic amines is 1. The molecule has 10 heteroatoms. The fourth-order valence-corrected chi connectivity index (χ4v) is 3.37. The van der Waals surface area contributed by atoms with E-state index in [4.69, 9.17) is 0 Å². The number of carbonyl (C=O) groups is 1. The lowest BCUT2D eigenvalue weighted by molar-refractivity contribution is -0.0498. The molecule has 0 aliphatic rings. The first-order valence-corrected chi connectivity index (χ1v) is 10.6. The summed E-state index contributed by atoms with van der Waals surface area (Å²) in [7, 11) is 0. The second-order valence-electron chi connectivity index (χ2n) is 8.42. The second kappa shape index (κ2) is 9.93. The molecule has 1 amide bonds. The summed E-state index contributed by atoms with van der Waals surface area (Å²) in [5.74, 6) is -0.449. The fraction of sp³-hybridized carbons (Fsp3) is 0.391. The van der Waals surface area contributed by atoms with Crippen LogP contribution in [-0.2, 0) is 13.1 Å². The quantitative estimate of drug-likeness (QED) is 0.536. The molecule has 0 spiro atoms. The minimum Gasteiger partial charge on any atom is -0.435 e. The van der Waals surface area contributed by atoms with E-state index in [0.29, 0.717) is 17.8 Å². The third-order valence-corrected chi connectivity index (χ3v) is 4.95. The van der Waals surface area contributed by atoms with Gasteiger partial charge in [-0.05, 0) is 35.6 Å². The van der Waals surface area contributed by atoms with Crippen LogP contribution in [0.5, 0.6) is 5.75 Å². The summed E-state index contributed by atoms with van der Waals surface area (Å²) >= 11 is 0. The lowest BCUT2D eigenvalue weighted by atomic mass is 10.0. The monoisotopic (exact) mass is 460 g/mol. The number of carbonyl (C=O) groups excluding carboxylic acids is 1. The number of fused-ring (bicyclic) bond motifs is 1. The number of rotatable bonds is 8. The molecule has 0 saturated heterocycles. The SMILES string of the molecule is CC(C)Cn1c(=O)[nH]c(=O)c2c(C(=O)NCc3ccc(OC(F)F)cc3)cc(C(C)C)nc21. The van der Waals surface area contributed by atoms with Crippen LogP contribution in [0.2, 0.25) is 0 Å². The van der Waals surface area contributed by atoms with E-state index in [9.17, 15) is 23.2 Å². The highest BCUT2D eigenvalue weighted by molar-refractivity contribution is 6.05. The Balaban J connectivity index is 1.99. The van der Waals surface area contributed by atoms with Crippen molar-refractivity contribution >= 4 is 16.9 Å². The van der Waals surface area contributed by atoms with Crippen molar-refractivity contribution in [3.8, 4) is 5.75 Å². The van der Waals surface area contributed by atoms with Crippen molar-refractivity contribution in [2.75, 3.05) is 0 Å². The van der Waals surface area contributed by atoms with Crippen LogP contribution in [0.15, 0.2) is 39.9 Å². The summed E-state index contributed by atoms with van der Waals surface area (Å²) < 4.78 is 30.3.